The summed E-state index contributed by atoms with van der Waals surface area (Å²) in [7, 11) is 0. The van der Waals surface area contributed by atoms with Gasteiger partial charge in [0.1, 0.15) is 6.54 Å². The highest BCUT2D eigenvalue weighted by Crippen LogP contribution is 2.22. The molecule has 1 atom stereocenters. The van der Waals surface area contributed by atoms with E-state index in [9.17, 15) is 9.59 Å². The molecule has 2 N–H and O–H groups in total. The van der Waals surface area contributed by atoms with Crippen LogP contribution in [0, 0.1) is 0 Å². The van der Waals surface area contributed by atoms with Crippen molar-refractivity contribution in [3.63, 3.8) is 0 Å². The number of amides is 1. The number of tetrazole rings is 1. The first-order valence-electron chi connectivity index (χ1n) is 7.50. The van der Waals surface area contributed by atoms with Crippen molar-refractivity contribution in [3.8, 4) is 11.4 Å². The van der Waals surface area contributed by atoms with Crippen molar-refractivity contribution in [2.45, 2.75) is 24.9 Å². The minimum absolute atomic E-state index is 0.138. The minimum atomic E-state index is -0.981. The number of hydrogen-bond acceptors (Lipinski definition) is 6. The molecule has 0 aliphatic carbocycles. The van der Waals surface area contributed by atoms with Gasteiger partial charge in [0.15, 0.2) is 0 Å². The largest absolute Gasteiger partial charge is 0.481 e. The lowest BCUT2D eigenvalue weighted by molar-refractivity contribution is -0.139. The molecule has 1 aromatic heterocycles. The van der Waals surface area contributed by atoms with Crippen LogP contribution in [-0.2, 0) is 20.9 Å². The summed E-state index contributed by atoms with van der Waals surface area (Å²) in [6.07, 6.45) is 0.282. The summed E-state index contributed by atoms with van der Waals surface area (Å²) in [6.45, 7) is 0.472. The first kappa shape index (κ1) is 16.1. The standard InChI is InChI=1S/C15H17N5O4/c21-12(16-15(8-13(22)23)6-7-24-10-15)9-20-18-14(17-19-20)11-4-2-1-3-5-11/h1-5H,6-10H2,(H,16,21)(H,22,23). The summed E-state index contributed by atoms with van der Waals surface area (Å²) in [5, 5.41) is 23.7. The normalized spacial score (nSPS) is 20.0. The van der Waals surface area contributed by atoms with Gasteiger partial charge in [-0.15, -0.1) is 10.2 Å². The number of ether oxygens (including phenoxy) is 1. The van der Waals surface area contributed by atoms with Crippen molar-refractivity contribution in [2.24, 2.45) is 0 Å². The van der Waals surface area contributed by atoms with E-state index in [1.807, 2.05) is 30.3 Å². The van der Waals surface area contributed by atoms with Gasteiger partial charge in [0, 0.05) is 12.2 Å². The molecular formula is C15H17N5O4. The third kappa shape index (κ3) is 3.74. The Kier molecular flexibility index (Phi) is 4.52. The van der Waals surface area contributed by atoms with Gasteiger partial charge in [0.2, 0.25) is 11.7 Å². The number of carbonyl (C=O) groups excluding carboxylic acids is 1. The van der Waals surface area contributed by atoms with Gasteiger partial charge in [-0.3, -0.25) is 9.59 Å². The zero-order chi connectivity index (χ0) is 17.0. The van der Waals surface area contributed by atoms with Crippen LogP contribution in [0.25, 0.3) is 11.4 Å². The second-order valence-corrected chi connectivity index (χ2v) is 5.71. The number of carboxylic acid groups (broad SMARTS) is 1. The summed E-state index contributed by atoms with van der Waals surface area (Å²) in [5.41, 5.74) is -0.0677. The average molecular weight is 331 g/mol. The number of aromatic nitrogens is 4. The van der Waals surface area contributed by atoms with Gasteiger partial charge in [0.05, 0.1) is 18.6 Å². The van der Waals surface area contributed by atoms with Gasteiger partial charge in [-0.05, 0) is 11.6 Å². The summed E-state index contributed by atoms with van der Waals surface area (Å²) in [6, 6.07) is 9.29. The van der Waals surface area contributed by atoms with Crippen LogP contribution in [0.1, 0.15) is 12.8 Å². The van der Waals surface area contributed by atoms with E-state index < -0.39 is 11.5 Å². The van der Waals surface area contributed by atoms with Gasteiger partial charge < -0.3 is 15.2 Å². The lowest BCUT2D eigenvalue weighted by Crippen LogP contribution is -2.51. The van der Waals surface area contributed by atoms with E-state index in [0.717, 1.165) is 5.56 Å². The number of nitrogens with one attached hydrogen (secondary N) is 1. The van der Waals surface area contributed by atoms with Gasteiger partial charge >= 0.3 is 5.97 Å². The molecule has 2 heterocycles. The van der Waals surface area contributed by atoms with E-state index in [2.05, 4.69) is 20.7 Å². The zero-order valence-electron chi connectivity index (χ0n) is 12.9. The fourth-order valence-electron chi connectivity index (χ4n) is 2.66. The van der Waals surface area contributed by atoms with Gasteiger partial charge in [-0.25, -0.2) is 0 Å². The fourth-order valence-corrected chi connectivity index (χ4v) is 2.66. The van der Waals surface area contributed by atoms with Crippen LogP contribution < -0.4 is 5.32 Å². The lowest BCUT2D eigenvalue weighted by Gasteiger charge is -2.26. The molecule has 24 heavy (non-hydrogen) atoms. The second-order valence-electron chi connectivity index (χ2n) is 5.71. The van der Waals surface area contributed by atoms with Crippen molar-refractivity contribution in [1.82, 2.24) is 25.5 Å². The summed E-state index contributed by atoms with van der Waals surface area (Å²) >= 11 is 0. The highest BCUT2D eigenvalue weighted by Gasteiger charge is 2.38. The third-order valence-corrected chi connectivity index (χ3v) is 3.77. The summed E-state index contributed by atoms with van der Waals surface area (Å²) in [4.78, 5) is 24.4. The molecule has 1 aliphatic rings. The summed E-state index contributed by atoms with van der Waals surface area (Å²) in [5.74, 6) is -0.933. The Morgan fingerprint density at radius 3 is 2.79 bits per heavy atom. The number of hydrogen-bond donors (Lipinski definition) is 2. The number of aliphatic carboxylic acids is 1. The van der Waals surface area contributed by atoms with Crippen LogP contribution in [0.15, 0.2) is 30.3 Å². The molecule has 9 nitrogen and oxygen atoms in total. The molecule has 0 bridgehead atoms. The molecule has 1 aliphatic heterocycles. The Bertz CT molecular complexity index is 724. The van der Waals surface area contributed by atoms with Crippen LogP contribution in [0.4, 0.5) is 0 Å². The smallest absolute Gasteiger partial charge is 0.305 e. The number of carbonyl (C=O) groups is 2. The fraction of sp³-hybridized carbons (Fsp3) is 0.400. The maximum Gasteiger partial charge on any atom is 0.305 e. The van der Waals surface area contributed by atoms with Crippen LogP contribution in [0.3, 0.4) is 0 Å². The molecule has 9 heteroatoms. The Morgan fingerprint density at radius 2 is 2.12 bits per heavy atom. The minimum Gasteiger partial charge on any atom is -0.481 e. The molecule has 1 fully saturated rings. The molecule has 0 saturated carbocycles. The molecule has 3 rings (SSSR count). The third-order valence-electron chi connectivity index (χ3n) is 3.77. The van der Waals surface area contributed by atoms with Crippen LogP contribution in [0.5, 0.6) is 0 Å². The molecule has 126 valence electrons. The zero-order valence-corrected chi connectivity index (χ0v) is 12.9. The van der Waals surface area contributed by atoms with Crippen LogP contribution in [0.2, 0.25) is 0 Å². The van der Waals surface area contributed by atoms with E-state index >= 15 is 0 Å². The predicted octanol–water partition coefficient (Wildman–Crippen LogP) is 0.0901. The monoisotopic (exact) mass is 331 g/mol. The van der Waals surface area contributed by atoms with Crippen molar-refractivity contribution in [2.75, 3.05) is 13.2 Å². The van der Waals surface area contributed by atoms with Crippen LogP contribution >= 0.6 is 0 Å². The summed E-state index contributed by atoms with van der Waals surface area (Å²) < 4.78 is 5.25. The van der Waals surface area contributed by atoms with E-state index in [0.29, 0.717) is 18.9 Å². The SMILES string of the molecule is O=C(O)CC1(NC(=O)Cn2nnc(-c3ccccc3)n2)CCOC1. The molecule has 1 unspecified atom stereocenters. The van der Waals surface area contributed by atoms with Gasteiger partial charge in [-0.1, -0.05) is 30.3 Å². The maximum absolute atomic E-state index is 12.2. The van der Waals surface area contributed by atoms with Crippen molar-refractivity contribution < 1.29 is 19.4 Å². The molecule has 1 aromatic carbocycles. The number of benzene rings is 1. The second kappa shape index (κ2) is 6.75. The first-order chi connectivity index (χ1) is 11.6. The van der Waals surface area contributed by atoms with E-state index in [4.69, 9.17) is 9.84 Å². The van der Waals surface area contributed by atoms with Gasteiger partial charge in [0.25, 0.3) is 0 Å². The number of nitrogens with zero attached hydrogens (tertiary/aromatic N) is 4. The van der Waals surface area contributed by atoms with E-state index in [1.54, 1.807) is 0 Å². The number of carboxylic acids is 1. The Labute approximate surface area is 137 Å². The number of rotatable bonds is 6. The topological polar surface area (TPSA) is 119 Å². The average Bonchev–Trinajstić information content (AvgIpc) is 3.17. The Morgan fingerprint density at radius 1 is 1.33 bits per heavy atom. The molecule has 0 radical (unpaired) electrons. The highest BCUT2D eigenvalue weighted by atomic mass is 16.5. The molecule has 0 spiro atoms. The van der Waals surface area contributed by atoms with Crippen molar-refractivity contribution in [3.05, 3.63) is 30.3 Å². The predicted molar refractivity (Wildman–Crippen MR) is 81.8 cm³/mol. The lowest BCUT2D eigenvalue weighted by atomic mass is 9.94. The molecule has 1 amide bonds. The Balaban J connectivity index is 1.64. The van der Waals surface area contributed by atoms with E-state index in [-0.39, 0.29) is 25.5 Å². The van der Waals surface area contributed by atoms with Gasteiger partial charge in [-0.2, -0.15) is 4.80 Å². The maximum atomic E-state index is 12.2. The van der Waals surface area contributed by atoms with Crippen LogP contribution in [-0.4, -0.2) is 55.9 Å². The molecule has 1 saturated heterocycles. The quantitative estimate of drug-likeness (QED) is 0.770. The highest BCUT2D eigenvalue weighted by molar-refractivity contribution is 5.78. The van der Waals surface area contributed by atoms with Crippen molar-refractivity contribution >= 4 is 11.9 Å². The van der Waals surface area contributed by atoms with E-state index in [1.165, 1.54) is 4.80 Å². The Hall–Kier alpha value is -2.81. The molecular weight excluding hydrogens is 314 g/mol. The van der Waals surface area contributed by atoms with Crippen molar-refractivity contribution in [1.29, 1.82) is 0 Å². The first-order valence-corrected chi connectivity index (χ1v) is 7.50. The molecule has 2 aromatic rings.